The summed E-state index contributed by atoms with van der Waals surface area (Å²) in [4.78, 5) is 23.7. The van der Waals surface area contributed by atoms with Crippen LogP contribution in [0.25, 0.3) is 5.69 Å². The fraction of sp³-hybridized carbons (Fsp3) is 0.125. The number of aromatic nitrogens is 1. The van der Waals surface area contributed by atoms with E-state index < -0.39 is 10.8 Å². The number of ether oxygens (including phenoxy) is 2. The van der Waals surface area contributed by atoms with E-state index in [2.05, 4.69) is 27.2 Å². The molecule has 12 heteroatoms. The topological polar surface area (TPSA) is 121 Å². The molecule has 0 aliphatic rings. The summed E-state index contributed by atoms with van der Waals surface area (Å²) in [7, 11) is 0. The molecule has 0 radical (unpaired) electrons. The van der Waals surface area contributed by atoms with Gasteiger partial charge in [-0.15, -0.1) is 0 Å². The molecule has 0 unspecified atom stereocenters. The second-order valence-corrected chi connectivity index (χ2v) is 10.6. The van der Waals surface area contributed by atoms with Crippen LogP contribution in [0, 0.1) is 24.0 Å². The van der Waals surface area contributed by atoms with Crippen LogP contribution < -0.4 is 14.9 Å². The number of aryl methyl sites for hydroxylation is 2. The summed E-state index contributed by atoms with van der Waals surface area (Å²) in [5.41, 5.74) is 6.24. The molecule has 3 aromatic carbocycles. The fourth-order valence-corrected chi connectivity index (χ4v) is 4.79. The van der Waals surface area contributed by atoms with Gasteiger partial charge in [0.2, 0.25) is 5.75 Å². The molecule has 224 valence electrons. The lowest BCUT2D eigenvalue weighted by Crippen LogP contribution is -2.17. The number of carbonyl (C=O) groups excluding carboxylic acids is 1. The van der Waals surface area contributed by atoms with Gasteiger partial charge in [0.05, 0.1) is 11.1 Å². The van der Waals surface area contributed by atoms with Crippen LogP contribution in [0.2, 0.25) is 10.0 Å². The largest absolute Gasteiger partial charge is 0.486 e. The Morgan fingerprint density at radius 2 is 1.64 bits per heavy atom. The molecule has 2 aromatic heterocycles. The van der Waals surface area contributed by atoms with Gasteiger partial charge >= 0.3 is 11.6 Å². The molecule has 0 saturated heterocycles. The summed E-state index contributed by atoms with van der Waals surface area (Å²) in [6.45, 7) is 4.23. The maximum absolute atomic E-state index is 12.7. The smallest absolute Gasteiger partial charge is 0.313 e. The molecule has 0 fully saturated rings. The highest BCUT2D eigenvalue weighted by molar-refractivity contribution is 6.31. The summed E-state index contributed by atoms with van der Waals surface area (Å²) in [5.74, 6) is 0.397. The number of amides is 1. The number of rotatable bonds is 11. The predicted molar refractivity (Wildman–Crippen MR) is 167 cm³/mol. The highest BCUT2D eigenvalue weighted by atomic mass is 35.5. The van der Waals surface area contributed by atoms with Gasteiger partial charge < -0.3 is 18.5 Å². The molecule has 0 bridgehead atoms. The number of nitrogens with one attached hydrogen (secondary N) is 1. The van der Waals surface area contributed by atoms with Crippen molar-refractivity contribution in [3.63, 3.8) is 0 Å². The number of furan rings is 1. The maximum atomic E-state index is 12.7. The fourth-order valence-electron chi connectivity index (χ4n) is 4.44. The van der Waals surface area contributed by atoms with Crippen LogP contribution in [-0.2, 0) is 13.2 Å². The lowest BCUT2D eigenvalue weighted by Gasteiger charge is -2.11. The molecular formula is C32H26Cl2N4O6. The molecule has 44 heavy (non-hydrogen) atoms. The molecule has 10 nitrogen and oxygen atoms in total. The minimum absolute atomic E-state index is 0.00550. The molecule has 5 aromatic rings. The standard InChI is InChI=1S/C32H26Cl2N4O6/c1-20-3-4-21(2)37(20)26-9-11-27(12-10-26)42-19-28-13-14-30(44-28)32(39)36-35-17-23-15-25(34)16-29(38(40)41)31(23)43-18-22-5-7-24(33)8-6-22/h3-17H,18-19H2,1-2H3,(H,36,39)/b35-17+. The Kier molecular flexibility index (Phi) is 9.32. The minimum Gasteiger partial charge on any atom is -0.486 e. The van der Waals surface area contributed by atoms with E-state index in [9.17, 15) is 14.9 Å². The zero-order valence-corrected chi connectivity index (χ0v) is 25.1. The van der Waals surface area contributed by atoms with E-state index in [0.717, 1.165) is 22.6 Å². The third-order valence-electron chi connectivity index (χ3n) is 6.56. The first-order chi connectivity index (χ1) is 21.2. The van der Waals surface area contributed by atoms with Crippen molar-refractivity contribution < 1.29 is 23.6 Å². The lowest BCUT2D eigenvalue weighted by atomic mass is 10.2. The van der Waals surface area contributed by atoms with Crippen LogP contribution in [0.15, 0.2) is 94.4 Å². The second kappa shape index (κ2) is 13.5. The summed E-state index contributed by atoms with van der Waals surface area (Å²) in [6, 6.07) is 24.4. The van der Waals surface area contributed by atoms with Crippen molar-refractivity contribution >= 4 is 41.0 Å². The predicted octanol–water partition coefficient (Wildman–Crippen LogP) is 7.82. The monoisotopic (exact) mass is 632 g/mol. The van der Waals surface area contributed by atoms with Gasteiger partial charge in [0.25, 0.3) is 0 Å². The minimum atomic E-state index is -0.630. The van der Waals surface area contributed by atoms with Gasteiger partial charge in [-0.1, -0.05) is 35.3 Å². The van der Waals surface area contributed by atoms with Crippen LogP contribution in [0.5, 0.6) is 11.5 Å². The van der Waals surface area contributed by atoms with Gasteiger partial charge in [0.15, 0.2) is 5.76 Å². The number of nitrogens with zero attached hydrogens (tertiary/aromatic N) is 3. The van der Waals surface area contributed by atoms with Crippen molar-refractivity contribution in [1.29, 1.82) is 0 Å². The first-order valence-electron chi connectivity index (χ1n) is 13.3. The Morgan fingerprint density at radius 1 is 0.932 bits per heavy atom. The van der Waals surface area contributed by atoms with Gasteiger partial charge in [-0.2, -0.15) is 5.10 Å². The number of halogens is 2. The van der Waals surface area contributed by atoms with Crippen molar-refractivity contribution in [2.45, 2.75) is 27.1 Å². The Balaban J connectivity index is 1.21. The van der Waals surface area contributed by atoms with Crippen molar-refractivity contribution in [1.82, 2.24) is 9.99 Å². The number of benzene rings is 3. The molecule has 0 aliphatic carbocycles. The number of nitro groups is 1. The molecule has 5 rings (SSSR count). The summed E-state index contributed by atoms with van der Waals surface area (Å²) in [6.07, 6.45) is 1.21. The van der Waals surface area contributed by atoms with E-state index in [4.69, 9.17) is 37.1 Å². The van der Waals surface area contributed by atoms with Crippen molar-refractivity contribution in [3.8, 4) is 17.2 Å². The summed E-state index contributed by atoms with van der Waals surface area (Å²) in [5, 5.41) is 16.3. The second-order valence-electron chi connectivity index (χ2n) is 9.71. The Morgan fingerprint density at radius 3 is 2.32 bits per heavy atom. The number of carbonyl (C=O) groups is 1. The highest BCUT2D eigenvalue weighted by Gasteiger charge is 2.21. The number of hydrogen-bond donors (Lipinski definition) is 1. The van der Waals surface area contributed by atoms with Crippen LogP contribution in [-0.4, -0.2) is 21.6 Å². The average Bonchev–Trinajstić information content (AvgIpc) is 3.62. The molecule has 0 saturated carbocycles. The van der Waals surface area contributed by atoms with Crippen LogP contribution in [0.3, 0.4) is 0 Å². The Hall–Kier alpha value is -5.06. The van der Waals surface area contributed by atoms with E-state index in [1.807, 2.05) is 38.1 Å². The zero-order valence-electron chi connectivity index (χ0n) is 23.6. The number of nitro benzene ring substituents is 1. The van der Waals surface area contributed by atoms with Crippen LogP contribution in [0.1, 0.15) is 38.8 Å². The molecule has 1 N–H and O–H groups in total. The number of hydrogen-bond acceptors (Lipinski definition) is 7. The zero-order chi connectivity index (χ0) is 31.2. The van der Waals surface area contributed by atoms with Crippen molar-refractivity contribution in [2.24, 2.45) is 5.10 Å². The van der Waals surface area contributed by atoms with E-state index >= 15 is 0 Å². The van der Waals surface area contributed by atoms with E-state index in [-0.39, 0.29) is 41.0 Å². The summed E-state index contributed by atoms with van der Waals surface area (Å²) < 4.78 is 19.4. The highest BCUT2D eigenvalue weighted by Crippen LogP contribution is 2.34. The molecule has 0 aliphatic heterocycles. The first-order valence-corrected chi connectivity index (χ1v) is 14.1. The maximum Gasteiger partial charge on any atom is 0.313 e. The Bertz CT molecular complexity index is 1810. The molecule has 2 heterocycles. The molecule has 1 amide bonds. The number of hydrazone groups is 1. The van der Waals surface area contributed by atoms with Gasteiger partial charge in [0, 0.05) is 38.8 Å². The third-order valence-corrected chi connectivity index (χ3v) is 7.03. The van der Waals surface area contributed by atoms with Gasteiger partial charge in [-0.3, -0.25) is 14.9 Å². The Labute approximate surface area is 262 Å². The third kappa shape index (κ3) is 7.28. The quantitative estimate of drug-likeness (QED) is 0.0899. The lowest BCUT2D eigenvalue weighted by molar-refractivity contribution is -0.385. The van der Waals surface area contributed by atoms with Crippen LogP contribution >= 0.6 is 23.2 Å². The normalized spacial score (nSPS) is 11.1. The van der Waals surface area contributed by atoms with E-state index in [0.29, 0.717) is 16.5 Å². The van der Waals surface area contributed by atoms with Crippen molar-refractivity contribution in [2.75, 3.05) is 0 Å². The summed E-state index contributed by atoms with van der Waals surface area (Å²) >= 11 is 12.0. The first kappa shape index (κ1) is 30.4. The van der Waals surface area contributed by atoms with E-state index in [1.165, 1.54) is 24.4 Å². The van der Waals surface area contributed by atoms with Crippen molar-refractivity contribution in [3.05, 3.63) is 139 Å². The molecule has 0 spiro atoms. The van der Waals surface area contributed by atoms with Crippen LogP contribution in [0.4, 0.5) is 5.69 Å². The van der Waals surface area contributed by atoms with Gasteiger partial charge in [-0.25, -0.2) is 5.43 Å². The SMILES string of the molecule is Cc1ccc(C)n1-c1ccc(OCc2ccc(C(=O)N/N=C/c3cc(Cl)cc([N+](=O)[O-])c3OCc3ccc(Cl)cc3)o2)cc1. The van der Waals surface area contributed by atoms with Gasteiger partial charge in [-0.05, 0) is 86.1 Å². The van der Waals surface area contributed by atoms with Gasteiger partial charge in [0.1, 0.15) is 24.7 Å². The van der Waals surface area contributed by atoms with E-state index in [1.54, 1.807) is 30.3 Å². The molecule has 0 atom stereocenters. The average molecular weight is 633 g/mol. The molecular weight excluding hydrogens is 607 g/mol.